The number of Topliss-reactive ketones (excluding diaryl/α,β-unsaturated/α-hetero) is 1. The number of rotatable bonds is 7. The SMILES string of the molecule is COc1cc([C@H]2NC(=O)N[C@@](O)(C(F)(F)F)[C@@H]2C(=O)c2ccccc2)ccc1OCc1ccc(Cl)cc1. The third kappa shape index (κ3) is 5.35. The Hall–Kier alpha value is -3.76. The third-order valence-electron chi connectivity index (χ3n) is 6.00. The lowest BCUT2D eigenvalue weighted by atomic mass is 9.77. The van der Waals surface area contributed by atoms with Crippen LogP contribution in [0.25, 0.3) is 0 Å². The third-order valence-corrected chi connectivity index (χ3v) is 6.25. The second-order valence-electron chi connectivity index (χ2n) is 8.37. The molecule has 4 rings (SSSR count). The molecule has 37 heavy (non-hydrogen) atoms. The predicted molar refractivity (Wildman–Crippen MR) is 128 cm³/mol. The van der Waals surface area contributed by atoms with E-state index in [1.807, 2.05) is 0 Å². The van der Waals surface area contributed by atoms with Gasteiger partial charge in [0.25, 0.3) is 0 Å². The topological polar surface area (TPSA) is 96.9 Å². The number of carbonyl (C=O) groups excluding carboxylic acids is 2. The summed E-state index contributed by atoms with van der Waals surface area (Å²) >= 11 is 5.89. The fraction of sp³-hybridized carbons (Fsp3) is 0.231. The Balaban J connectivity index is 1.71. The average molecular weight is 535 g/mol. The number of ether oxygens (including phenoxy) is 2. The van der Waals surface area contributed by atoms with Crippen LogP contribution in [0.3, 0.4) is 0 Å². The van der Waals surface area contributed by atoms with Crippen molar-refractivity contribution in [1.82, 2.24) is 10.6 Å². The lowest BCUT2D eigenvalue weighted by Crippen LogP contribution is -2.72. The van der Waals surface area contributed by atoms with Crippen LogP contribution < -0.4 is 20.1 Å². The Labute approximate surface area is 215 Å². The molecule has 1 fully saturated rings. The molecule has 3 N–H and O–H groups in total. The number of carbonyl (C=O) groups is 2. The molecule has 1 aliphatic rings. The summed E-state index contributed by atoms with van der Waals surface area (Å²) in [5, 5.41) is 15.2. The molecule has 0 aromatic heterocycles. The van der Waals surface area contributed by atoms with E-state index >= 15 is 0 Å². The van der Waals surface area contributed by atoms with E-state index in [2.05, 4.69) is 5.32 Å². The Morgan fingerprint density at radius 1 is 1.05 bits per heavy atom. The molecule has 1 aliphatic heterocycles. The molecule has 0 unspecified atom stereocenters. The van der Waals surface area contributed by atoms with Gasteiger partial charge in [0, 0.05) is 10.6 Å². The van der Waals surface area contributed by atoms with Crippen molar-refractivity contribution in [3.8, 4) is 11.5 Å². The first kappa shape index (κ1) is 26.3. The quantitative estimate of drug-likeness (QED) is 0.369. The maximum Gasteiger partial charge on any atom is 0.437 e. The second-order valence-corrected chi connectivity index (χ2v) is 8.81. The molecule has 7 nitrogen and oxygen atoms in total. The van der Waals surface area contributed by atoms with Crippen LogP contribution in [0.1, 0.15) is 27.5 Å². The number of hydrogen-bond acceptors (Lipinski definition) is 5. The Kier molecular flexibility index (Phi) is 7.33. The van der Waals surface area contributed by atoms with Crippen molar-refractivity contribution in [2.75, 3.05) is 7.11 Å². The number of halogens is 4. The van der Waals surface area contributed by atoms with Crippen LogP contribution in [0.4, 0.5) is 18.0 Å². The molecule has 1 saturated heterocycles. The van der Waals surface area contributed by atoms with E-state index in [0.717, 1.165) is 5.56 Å². The molecule has 3 atom stereocenters. The van der Waals surface area contributed by atoms with Crippen LogP contribution in [-0.2, 0) is 6.61 Å². The summed E-state index contributed by atoms with van der Waals surface area (Å²) in [6.07, 6.45) is -5.36. The Morgan fingerprint density at radius 3 is 2.35 bits per heavy atom. The maximum absolute atomic E-state index is 14.1. The van der Waals surface area contributed by atoms with Gasteiger partial charge in [0.1, 0.15) is 12.5 Å². The molecule has 0 bridgehead atoms. The van der Waals surface area contributed by atoms with E-state index in [4.69, 9.17) is 21.1 Å². The van der Waals surface area contributed by atoms with Crippen LogP contribution in [-0.4, -0.2) is 35.9 Å². The van der Waals surface area contributed by atoms with Gasteiger partial charge in [0.2, 0.25) is 5.72 Å². The lowest BCUT2D eigenvalue weighted by molar-refractivity contribution is -0.287. The first-order chi connectivity index (χ1) is 17.5. The normalized spacial score (nSPS) is 21.5. The number of amides is 2. The average Bonchev–Trinajstić information content (AvgIpc) is 2.87. The first-order valence-electron chi connectivity index (χ1n) is 11.1. The van der Waals surface area contributed by atoms with Crippen LogP contribution >= 0.6 is 11.6 Å². The first-order valence-corrected chi connectivity index (χ1v) is 11.4. The fourth-order valence-corrected chi connectivity index (χ4v) is 4.26. The molecule has 3 aromatic rings. The van der Waals surface area contributed by atoms with Crippen LogP contribution in [0.5, 0.6) is 11.5 Å². The van der Waals surface area contributed by atoms with Crippen molar-refractivity contribution in [3.05, 3.63) is 94.5 Å². The molecular weight excluding hydrogens is 513 g/mol. The molecule has 2 amide bonds. The number of ketones is 1. The summed E-state index contributed by atoms with van der Waals surface area (Å²) in [6, 6.07) is 15.5. The van der Waals surface area contributed by atoms with Gasteiger partial charge >= 0.3 is 12.2 Å². The fourth-order valence-electron chi connectivity index (χ4n) is 4.14. The molecule has 1 heterocycles. The van der Waals surface area contributed by atoms with Crippen molar-refractivity contribution in [2.24, 2.45) is 5.92 Å². The highest BCUT2D eigenvalue weighted by molar-refractivity contribution is 6.30. The van der Waals surface area contributed by atoms with Gasteiger partial charge in [-0.15, -0.1) is 0 Å². The number of urea groups is 1. The van der Waals surface area contributed by atoms with Crippen LogP contribution in [0.2, 0.25) is 5.02 Å². The Bertz CT molecular complexity index is 1290. The largest absolute Gasteiger partial charge is 0.493 e. The summed E-state index contributed by atoms with van der Waals surface area (Å²) in [5.41, 5.74) is -2.98. The molecule has 11 heteroatoms. The van der Waals surface area contributed by atoms with Crippen molar-refractivity contribution >= 4 is 23.4 Å². The van der Waals surface area contributed by atoms with Gasteiger partial charge in [-0.1, -0.05) is 60.1 Å². The maximum atomic E-state index is 14.1. The van der Waals surface area contributed by atoms with Gasteiger partial charge in [-0.25, -0.2) is 4.79 Å². The van der Waals surface area contributed by atoms with Crippen molar-refractivity contribution < 1.29 is 37.3 Å². The van der Waals surface area contributed by atoms with Crippen LogP contribution in [0, 0.1) is 5.92 Å². The molecule has 0 saturated carbocycles. The van der Waals surface area contributed by atoms with Gasteiger partial charge in [0.15, 0.2) is 17.3 Å². The minimum atomic E-state index is -5.36. The summed E-state index contributed by atoms with van der Waals surface area (Å²) in [7, 11) is 1.34. The molecular formula is C26H22ClF3N2O5. The van der Waals surface area contributed by atoms with Crippen LogP contribution in [0.15, 0.2) is 72.8 Å². The van der Waals surface area contributed by atoms with Crippen molar-refractivity contribution in [3.63, 3.8) is 0 Å². The van der Waals surface area contributed by atoms with E-state index in [1.165, 1.54) is 54.9 Å². The summed E-state index contributed by atoms with van der Waals surface area (Å²) in [5.74, 6) is -2.74. The predicted octanol–water partition coefficient (Wildman–Crippen LogP) is 5.03. The molecule has 3 aromatic carbocycles. The summed E-state index contributed by atoms with van der Waals surface area (Å²) in [6.45, 7) is 0.153. The van der Waals surface area contributed by atoms with E-state index in [-0.39, 0.29) is 29.2 Å². The molecule has 194 valence electrons. The van der Waals surface area contributed by atoms with E-state index in [9.17, 15) is 27.9 Å². The van der Waals surface area contributed by atoms with E-state index in [0.29, 0.717) is 5.02 Å². The highest BCUT2D eigenvalue weighted by Crippen LogP contribution is 2.45. The Morgan fingerprint density at radius 2 is 1.73 bits per heavy atom. The zero-order valence-corrected chi connectivity index (χ0v) is 20.1. The smallest absolute Gasteiger partial charge is 0.437 e. The van der Waals surface area contributed by atoms with Crippen molar-refractivity contribution in [2.45, 2.75) is 24.6 Å². The highest BCUT2D eigenvalue weighted by atomic mass is 35.5. The summed E-state index contributed by atoms with van der Waals surface area (Å²) in [4.78, 5) is 25.6. The number of alkyl halides is 3. The second kappa shape index (κ2) is 10.3. The zero-order valence-electron chi connectivity index (χ0n) is 19.4. The minimum Gasteiger partial charge on any atom is -0.493 e. The van der Waals surface area contributed by atoms with E-state index < -0.39 is 35.7 Å². The lowest BCUT2D eigenvalue weighted by Gasteiger charge is -2.45. The van der Waals surface area contributed by atoms with Gasteiger partial charge < -0.3 is 25.2 Å². The van der Waals surface area contributed by atoms with Crippen molar-refractivity contribution in [1.29, 1.82) is 0 Å². The highest BCUT2D eigenvalue weighted by Gasteiger charge is 2.66. The number of benzene rings is 3. The number of hydrogen-bond donors (Lipinski definition) is 3. The van der Waals surface area contributed by atoms with E-state index in [1.54, 1.807) is 30.3 Å². The minimum absolute atomic E-state index is 0.0620. The standard InChI is InChI=1S/C26H22ClF3N2O5/c1-36-20-13-17(9-12-19(20)37-14-15-7-10-18(27)11-8-15)22-21(23(33)16-5-3-2-4-6-16)25(35,26(28,29)30)32-24(34)31-22/h2-13,21-22,35H,14H2,1H3,(H2,31,32,34)/t21-,22+,25-/m0/s1. The molecule has 0 spiro atoms. The molecule has 0 aliphatic carbocycles. The number of nitrogens with one attached hydrogen (secondary N) is 2. The van der Waals surface area contributed by atoms with Gasteiger partial charge in [-0.3, -0.25) is 4.79 Å². The van der Waals surface area contributed by atoms with Gasteiger partial charge in [-0.2, -0.15) is 13.2 Å². The number of aliphatic hydroxyl groups is 1. The number of methoxy groups -OCH3 is 1. The van der Waals surface area contributed by atoms with Gasteiger partial charge in [-0.05, 0) is 35.4 Å². The molecule has 0 radical (unpaired) electrons. The zero-order chi connectivity index (χ0) is 26.8. The monoisotopic (exact) mass is 534 g/mol. The summed E-state index contributed by atoms with van der Waals surface area (Å²) < 4.78 is 53.5. The van der Waals surface area contributed by atoms with Gasteiger partial charge in [0.05, 0.1) is 13.2 Å².